The summed E-state index contributed by atoms with van der Waals surface area (Å²) in [4.78, 5) is 0. The highest BCUT2D eigenvalue weighted by atomic mass is 79.9. The average Bonchev–Trinajstić information content (AvgIpc) is 2.78. The molecular formula is C16H18BrNO3. The molecule has 21 heavy (non-hydrogen) atoms. The molecule has 0 radical (unpaired) electrons. The van der Waals surface area contributed by atoms with Gasteiger partial charge >= 0.3 is 0 Å². The van der Waals surface area contributed by atoms with Crippen molar-refractivity contribution in [3.05, 3.63) is 21.7 Å². The topological polar surface area (TPSA) is 61.7 Å². The first kappa shape index (κ1) is 12.7. The molecule has 2 fully saturated rings. The summed E-state index contributed by atoms with van der Waals surface area (Å²) in [6.07, 6.45) is 3.14. The Balaban J connectivity index is 1.85. The molecule has 112 valence electrons. The second-order valence-electron chi connectivity index (χ2n) is 6.90. The molecule has 2 heterocycles. The number of hydrogen-bond donors (Lipinski definition) is 3. The van der Waals surface area contributed by atoms with Gasteiger partial charge in [0.05, 0.1) is 6.10 Å². The monoisotopic (exact) mass is 351 g/mol. The van der Waals surface area contributed by atoms with E-state index in [0.717, 1.165) is 36.7 Å². The third-order valence-corrected chi connectivity index (χ3v) is 6.88. The number of phenolic OH excluding ortho intramolecular Hbond substituents is 1. The van der Waals surface area contributed by atoms with Crippen molar-refractivity contribution in [2.45, 2.75) is 49.3 Å². The second kappa shape index (κ2) is 3.94. The van der Waals surface area contributed by atoms with Crippen LogP contribution in [0.3, 0.4) is 0 Å². The zero-order chi connectivity index (χ0) is 14.4. The third-order valence-electron chi connectivity index (χ3n) is 6.17. The number of ether oxygens (including phenoxy) is 1. The highest BCUT2D eigenvalue weighted by molar-refractivity contribution is 9.10. The average molecular weight is 352 g/mol. The molecular weight excluding hydrogens is 334 g/mol. The minimum Gasteiger partial charge on any atom is -0.504 e. The smallest absolute Gasteiger partial charge is 0.165 e. The summed E-state index contributed by atoms with van der Waals surface area (Å²) in [5.74, 6) is 1.33. The number of halogens is 1. The van der Waals surface area contributed by atoms with Crippen LogP contribution in [-0.4, -0.2) is 35.0 Å². The zero-order valence-electron chi connectivity index (χ0n) is 11.6. The van der Waals surface area contributed by atoms with Crippen molar-refractivity contribution >= 4 is 15.9 Å². The predicted octanol–water partition coefficient (Wildman–Crippen LogP) is 1.84. The van der Waals surface area contributed by atoms with Crippen molar-refractivity contribution in [3.63, 3.8) is 0 Å². The van der Waals surface area contributed by atoms with Crippen molar-refractivity contribution in [3.8, 4) is 11.5 Å². The molecule has 3 N–H and O–H groups in total. The van der Waals surface area contributed by atoms with E-state index < -0.39 is 6.10 Å². The van der Waals surface area contributed by atoms with Crippen LogP contribution in [0.1, 0.15) is 30.4 Å². The number of phenols is 1. The lowest BCUT2D eigenvalue weighted by atomic mass is 9.52. The fraction of sp³-hybridized carbons (Fsp3) is 0.625. The van der Waals surface area contributed by atoms with Gasteiger partial charge < -0.3 is 20.3 Å². The Morgan fingerprint density at radius 3 is 3.10 bits per heavy atom. The Labute approximate surface area is 131 Å². The molecule has 5 atom stereocenters. The van der Waals surface area contributed by atoms with Crippen LogP contribution in [0.2, 0.25) is 0 Å². The van der Waals surface area contributed by atoms with Crippen LogP contribution in [0.25, 0.3) is 0 Å². The number of nitrogens with one attached hydrogen (secondary N) is 1. The first-order valence-electron chi connectivity index (χ1n) is 7.76. The van der Waals surface area contributed by atoms with Crippen molar-refractivity contribution in [2.75, 3.05) is 6.54 Å². The van der Waals surface area contributed by atoms with Crippen LogP contribution in [-0.2, 0) is 11.8 Å². The molecule has 2 unspecified atom stereocenters. The van der Waals surface area contributed by atoms with Crippen LogP contribution in [0.5, 0.6) is 11.5 Å². The fourth-order valence-corrected chi connectivity index (χ4v) is 6.05. The second-order valence-corrected chi connectivity index (χ2v) is 7.76. The van der Waals surface area contributed by atoms with E-state index in [2.05, 4.69) is 21.2 Å². The van der Waals surface area contributed by atoms with Gasteiger partial charge in [0.1, 0.15) is 6.10 Å². The van der Waals surface area contributed by atoms with Crippen molar-refractivity contribution in [2.24, 2.45) is 5.92 Å². The quantitative estimate of drug-likeness (QED) is 0.667. The van der Waals surface area contributed by atoms with E-state index >= 15 is 0 Å². The minimum absolute atomic E-state index is 0.113. The summed E-state index contributed by atoms with van der Waals surface area (Å²) >= 11 is 3.62. The summed E-state index contributed by atoms with van der Waals surface area (Å²) in [7, 11) is 0. The van der Waals surface area contributed by atoms with E-state index in [0.29, 0.717) is 17.7 Å². The van der Waals surface area contributed by atoms with Crippen LogP contribution >= 0.6 is 15.9 Å². The zero-order valence-corrected chi connectivity index (χ0v) is 13.2. The largest absolute Gasteiger partial charge is 0.504 e. The maximum Gasteiger partial charge on any atom is 0.165 e. The Hall–Kier alpha value is -0.780. The molecule has 0 amide bonds. The maximum atomic E-state index is 10.5. The summed E-state index contributed by atoms with van der Waals surface area (Å²) in [6, 6.07) is 2.20. The number of benzene rings is 1. The Morgan fingerprint density at radius 1 is 1.38 bits per heavy atom. The number of aliphatic hydroxyl groups is 1. The first-order valence-corrected chi connectivity index (χ1v) is 8.55. The van der Waals surface area contributed by atoms with Crippen molar-refractivity contribution in [1.29, 1.82) is 0 Å². The molecule has 4 aliphatic rings. The first-order chi connectivity index (χ1) is 10.1. The van der Waals surface area contributed by atoms with Crippen LogP contribution < -0.4 is 10.1 Å². The lowest BCUT2D eigenvalue weighted by Gasteiger charge is -2.56. The highest BCUT2D eigenvalue weighted by Crippen LogP contribution is 2.63. The summed E-state index contributed by atoms with van der Waals surface area (Å²) < 4.78 is 7.10. The number of aliphatic hydroxyl groups excluding tert-OH is 1. The van der Waals surface area contributed by atoms with Gasteiger partial charge in [0, 0.05) is 21.5 Å². The molecule has 1 aromatic carbocycles. The van der Waals surface area contributed by atoms with Gasteiger partial charge in [0.15, 0.2) is 11.5 Å². The molecule has 5 heteroatoms. The molecule has 1 saturated carbocycles. The lowest BCUT2D eigenvalue weighted by molar-refractivity contribution is -0.0761. The number of rotatable bonds is 0. The van der Waals surface area contributed by atoms with E-state index in [1.54, 1.807) is 6.07 Å². The molecule has 1 aromatic rings. The van der Waals surface area contributed by atoms with Crippen LogP contribution in [0, 0.1) is 5.92 Å². The molecule has 2 aliphatic heterocycles. The number of hydrogen-bond acceptors (Lipinski definition) is 4. The number of piperidine rings is 1. The highest BCUT2D eigenvalue weighted by Gasteiger charge is 2.64. The molecule has 4 nitrogen and oxygen atoms in total. The Morgan fingerprint density at radius 2 is 2.24 bits per heavy atom. The normalized spacial score (nSPS) is 42.4. The molecule has 1 spiro atoms. The van der Waals surface area contributed by atoms with Crippen LogP contribution in [0.4, 0.5) is 0 Å². The minimum atomic E-state index is -0.434. The third kappa shape index (κ3) is 1.34. The van der Waals surface area contributed by atoms with Gasteiger partial charge in [-0.25, -0.2) is 0 Å². The van der Waals surface area contributed by atoms with Gasteiger partial charge in [-0.05, 0) is 49.8 Å². The van der Waals surface area contributed by atoms with Gasteiger partial charge in [0.2, 0.25) is 0 Å². The van der Waals surface area contributed by atoms with E-state index in [1.807, 2.05) is 0 Å². The Kier molecular flexibility index (Phi) is 2.39. The summed E-state index contributed by atoms with van der Waals surface area (Å²) in [5, 5.41) is 24.5. The van der Waals surface area contributed by atoms with Gasteiger partial charge in [-0.15, -0.1) is 0 Å². The number of aromatic hydroxyl groups is 1. The van der Waals surface area contributed by atoms with E-state index in [1.165, 1.54) is 11.1 Å². The Bertz CT molecular complexity index is 649. The van der Waals surface area contributed by atoms with Gasteiger partial charge in [0.25, 0.3) is 0 Å². The van der Waals surface area contributed by atoms with Gasteiger partial charge in [-0.3, -0.25) is 0 Å². The summed E-state index contributed by atoms with van der Waals surface area (Å²) in [5.41, 5.74) is 2.33. The van der Waals surface area contributed by atoms with Crippen molar-refractivity contribution < 1.29 is 14.9 Å². The van der Waals surface area contributed by atoms with E-state index in [9.17, 15) is 10.2 Å². The van der Waals surface area contributed by atoms with E-state index in [4.69, 9.17) is 4.74 Å². The standard InChI is InChI=1S/C16H18BrNO3/c17-9-6-12(20)14-13-7(9)5-10-8-1-2-11(19)15(21-14)16(8,13)3-4-18-10/h6,8,10-11,15,18-20H,1-5H2/t8-,10?,11-,15-,16?/m0/s1. The molecule has 0 aromatic heterocycles. The van der Waals surface area contributed by atoms with Crippen LogP contribution in [0.15, 0.2) is 10.5 Å². The SMILES string of the molecule is Oc1cc(Br)c2c3c1O[C@H]1[C@@H](O)CC[C@H]4C(C2)NCCC341. The molecule has 2 aliphatic carbocycles. The molecule has 1 saturated heterocycles. The predicted molar refractivity (Wildman–Crippen MR) is 80.7 cm³/mol. The lowest BCUT2D eigenvalue weighted by Crippen LogP contribution is -2.66. The van der Waals surface area contributed by atoms with Crippen molar-refractivity contribution in [1.82, 2.24) is 5.32 Å². The maximum absolute atomic E-state index is 10.5. The fourth-order valence-electron chi connectivity index (χ4n) is 5.47. The van der Waals surface area contributed by atoms with Gasteiger partial charge in [-0.2, -0.15) is 0 Å². The molecule has 2 bridgehead atoms. The van der Waals surface area contributed by atoms with E-state index in [-0.39, 0.29) is 17.3 Å². The molecule has 5 rings (SSSR count). The summed E-state index contributed by atoms with van der Waals surface area (Å²) in [6.45, 7) is 0.958. The van der Waals surface area contributed by atoms with Gasteiger partial charge in [-0.1, -0.05) is 15.9 Å².